The smallest absolute Gasteiger partial charge is 0.173 e. The third-order valence-corrected chi connectivity index (χ3v) is 4.30. The largest absolute Gasteiger partial charge is 0.394 e. The van der Waals surface area contributed by atoms with Crippen LogP contribution in [0.1, 0.15) is 6.23 Å². The van der Waals surface area contributed by atoms with E-state index in [2.05, 4.69) is 9.97 Å². The summed E-state index contributed by atoms with van der Waals surface area (Å²) in [6.07, 6.45) is -1.91. The van der Waals surface area contributed by atoms with Crippen LogP contribution in [0.2, 0.25) is 0 Å². The number of nitrogens with zero attached hydrogens (tertiary/aromatic N) is 3. The molecule has 1 aromatic carbocycles. The number of aromatic nitrogens is 3. The van der Waals surface area contributed by atoms with Gasteiger partial charge in [-0.2, -0.15) is 0 Å². The first-order valence-corrected chi connectivity index (χ1v) is 7.66. The molecule has 0 amide bonds. The van der Waals surface area contributed by atoms with Gasteiger partial charge in [-0.3, -0.25) is 0 Å². The Balaban J connectivity index is 1.80. The van der Waals surface area contributed by atoms with Gasteiger partial charge in [-0.05, 0) is 6.07 Å². The van der Waals surface area contributed by atoms with Gasteiger partial charge in [0.15, 0.2) is 12.4 Å². The van der Waals surface area contributed by atoms with Crippen LogP contribution in [-0.4, -0.2) is 49.7 Å². The highest BCUT2D eigenvalue weighted by atomic mass is 19.1. The normalized spacial score (nSPS) is 27.0. The summed E-state index contributed by atoms with van der Waals surface area (Å²) < 4.78 is 21.4. The summed E-state index contributed by atoms with van der Waals surface area (Å²) in [6.45, 7) is -0.443. The first-order valence-electron chi connectivity index (χ1n) is 7.66. The van der Waals surface area contributed by atoms with Crippen LogP contribution in [0.5, 0.6) is 0 Å². The second kappa shape index (κ2) is 5.94. The van der Waals surface area contributed by atoms with Crippen LogP contribution in [0, 0.1) is 0 Å². The number of hydrogen-bond donors (Lipinski definition) is 2. The lowest BCUT2D eigenvalue weighted by Crippen LogP contribution is -2.30. The molecule has 7 heteroatoms. The van der Waals surface area contributed by atoms with Gasteiger partial charge < -0.3 is 19.5 Å². The molecule has 0 unspecified atom stereocenters. The molecule has 0 aliphatic carbocycles. The predicted octanol–water partition coefficient (Wildman–Crippen LogP) is 1.69. The van der Waals surface area contributed by atoms with Crippen molar-refractivity contribution < 1.29 is 19.3 Å². The number of aliphatic hydroxyl groups is 2. The minimum Gasteiger partial charge on any atom is -0.394 e. The standard InChI is InChI=1S/C17H16FN3O3/c18-13-15(23)12(8-22)24-17(13)21-7-6-11-14(19-9-20-16(11)21)10-4-2-1-3-5-10/h1-7,9,12-13,15,17,22-23H,8H2/t12-,13-,15-,17-/m1/s1. The monoisotopic (exact) mass is 329 g/mol. The number of ether oxygens (including phenoxy) is 1. The van der Waals surface area contributed by atoms with Gasteiger partial charge >= 0.3 is 0 Å². The van der Waals surface area contributed by atoms with Crippen molar-refractivity contribution in [3.05, 3.63) is 48.9 Å². The molecule has 124 valence electrons. The van der Waals surface area contributed by atoms with Crippen molar-refractivity contribution in [2.45, 2.75) is 24.6 Å². The van der Waals surface area contributed by atoms with Crippen LogP contribution in [0.3, 0.4) is 0 Å². The van der Waals surface area contributed by atoms with E-state index >= 15 is 0 Å². The Hall–Kier alpha value is -2.35. The average Bonchev–Trinajstić information content (AvgIpc) is 3.17. The number of aliphatic hydroxyl groups excluding tert-OH is 2. The van der Waals surface area contributed by atoms with Crippen LogP contribution in [0.25, 0.3) is 22.3 Å². The van der Waals surface area contributed by atoms with Gasteiger partial charge in [-0.1, -0.05) is 30.3 Å². The zero-order valence-electron chi connectivity index (χ0n) is 12.7. The van der Waals surface area contributed by atoms with E-state index < -0.39 is 31.2 Å². The van der Waals surface area contributed by atoms with Crippen LogP contribution in [0.15, 0.2) is 48.9 Å². The zero-order valence-corrected chi connectivity index (χ0v) is 12.7. The summed E-state index contributed by atoms with van der Waals surface area (Å²) in [6, 6.07) is 11.4. The highest BCUT2D eigenvalue weighted by molar-refractivity contribution is 5.90. The van der Waals surface area contributed by atoms with E-state index in [1.807, 2.05) is 30.3 Å². The predicted molar refractivity (Wildman–Crippen MR) is 84.9 cm³/mol. The molecule has 4 atom stereocenters. The van der Waals surface area contributed by atoms with Crippen molar-refractivity contribution in [3.63, 3.8) is 0 Å². The molecule has 1 aliphatic rings. The van der Waals surface area contributed by atoms with Crippen LogP contribution in [0.4, 0.5) is 4.39 Å². The molecular weight excluding hydrogens is 313 g/mol. The topological polar surface area (TPSA) is 80.4 Å². The first-order chi connectivity index (χ1) is 11.7. The van der Waals surface area contributed by atoms with E-state index in [0.29, 0.717) is 5.65 Å². The molecule has 6 nitrogen and oxygen atoms in total. The minimum atomic E-state index is -1.65. The molecule has 1 aliphatic heterocycles. The Morgan fingerprint density at radius 3 is 2.67 bits per heavy atom. The van der Waals surface area contributed by atoms with Crippen molar-refractivity contribution in [3.8, 4) is 11.3 Å². The molecular formula is C17H16FN3O3. The highest BCUT2D eigenvalue weighted by Gasteiger charge is 2.45. The van der Waals surface area contributed by atoms with Gasteiger partial charge in [-0.15, -0.1) is 0 Å². The van der Waals surface area contributed by atoms with E-state index in [4.69, 9.17) is 4.74 Å². The summed E-state index contributed by atoms with van der Waals surface area (Å²) in [7, 11) is 0. The number of benzene rings is 1. The second-order valence-corrected chi connectivity index (χ2v) is 5.73. The lowest BCUT2D eigenvalue weighted by molar-refractivity contribution is -0.0457. The summed E-state index contributed by atoms with van der Waals surface area (Å²) >= 11 is 0. The van der Waals surface area contributed by atoms with Gasteiger partial charge in [0.05, 0.1) is 12.3 Å². The van der Waals surface area contributed by atoms with Crippen molar-refractivity contribution in [2.75, 3.05) is 6.61 Å². The fourth-order valence-corrected chi connectivity index (χ4v) is 3.08. The molecule has 3 aromatic rings. The van der Waals surface area contributed by atoms with Crippen LogP contribution < -0.4 is 0 Å². The molecule has 0 radical (unpaired) electrons. The Bertz CT molecular complexity index is 855. The third kappa shape index (κ3) is 2.29. The minimum absolute atomic E-state index is 0.443. The SMILES string of the molecule is OC[C@H]1O[C@@H](n2ccc3c(-c4ccccc4)ncnc32)[C@H](F)[C@@H]1O. The van der Waals surface area contributed by atoms with E-state index in [-0.39, 0.29) is 0 Å². The molecule has 1 saturated heterocycles. The molecule has 1 fully saturated rings. The summed E-state index contributed by atoms with van der Waals surface area (Å²) in [5, 5.41) is 19.8. The van der Waals surface area contributed by atoms with Crippen LogP contribution in [-0.2, 0) is 4.74 Å². The molecule has 24 heavy (non-hydrogen) atoms. The summed E-state index contributed by atoms with van der Waals surface area (Å²) in [5.74, 6) is 0. The molecule has 2 N–H and O–H groups in total. The number of hydrogen-bond acceptors (Lipinski definition) is 5. The fourth-order valence-electron chi connectivity index (χ4n) is 3.08. The zero-order chi connectivity index (χ0) is 16.7. The van der Waals surface area contributed by atoms with E-state index in [1.54, 1.807) is 12.3 Å². The van der Waals surface area contributed by atoms with Gasteiger partial charge in [-0.25, -0.2) is 14.4 Å². The third-order valence-electron chi connectivity index (χ3n) is 4.30. The highest BCUT2D eigenvalue weighted by Crippen LogP contribution is 2.35. The van der Waals surface area contributed by atoms with Crippen molar-refractivity contribution in [2.24, 2.45) is 0 Å². The lowest BCUT2D eigenvalue weighted by Gasteiger charge is -2.16. The van der Waals surface area contributed by atoms with Gasteiger partial charge in [0, 0.05) is 17.1 Å². The molecule has 2 aromatic heterocycles. The number of rotatable bonds is 3. The molecule has 4 rings (SSSR count). The maximum atomic E-state index is 14.4. The second-order valence-electron chi connectivity index (χ2n) is 5.73. The van der Waals surface area contributed by atoms with E-state index in [9.17, 15) is 14.6 Å². The van der Waals surface area contributed by atoms with E-state index in [0.717, 1.165) is 16.6 Å². The van der Waals surface area contributed by atoms with E-state index in [1.165, 1.54) is 10.9 Å². The van der Waals surface area contributed by atoms with Crippen molar-refractivity contribution in [1.29, 1.82) is 0 Å². The number of fused-ring (bicyclic) bond motifs is 1. The Kier molecular flexibility index (Phi) is 3.76. The maximum Gasteiger partial charge on any atom is 0.173 e. The summed E-state index contributed by atoms with van der Waals surface area (Å²) in [4.78, 5) is 8.58. The lowest BCUT2D eigenvalue weighted by atomic mass is 10.1. The molecule has 0 bridgehead atoms. The van der Waals surface area contributed by atoms with Crippen LogP contribution >= 0.6 is 0 Å². The molecule has 0 spiro atoms. The van der Waals surface area contributed by atoms with Gasteiger partial charge in [0.25, 0.3) is 0 Å². The first kappa shape index (κ1) is 15.2. The Morgan fingerprint density at radius 1 is 1.17 bits per heavy atom. The fraction of sp³-hybridized carbons (Fsp3) is 0.294. The van der Waals surface area contributed by atoms with Gasteiger partial charge in [0.2, 0.25) is 0 Å². The summed E-state index contributed by atoms with van der Waals surface area (Å²) in [5.41, 5.74) is 2.19. The Morgan fingerprint density at radius 2 is 1.96 bits per heavy atom. The number of halogens is 1. The molecule has 3 heterocycles. The van der Waals surface area contributed by atoms with Gasteiger partial charge in [0.1, 0.15) is 24.2 Å². The van der Waals surface area contributed by atoms with Crippen molar-refractivity contribution >= 4 is 11.0 Å². The Labute approximate surface area is 137 Å². The molecule has 0 saturated carbocycles. The van der Waals surface area contributed by atoms with Crippen molar-refractivity contribution in [1.82, 2.24) is 14.5 Å². The average molecular weight is 329 g/mol. The maximum absolute atomic E-state index is 14.4. The quantitative estimate of drug-likeness (QED) is 0.764. The number of alkyl halides is 1.